The van der Waals surface area contributed by atoms with Gasteiger partial charge in [-0.3, -0.25) is 0 Å². The number of rotatable bonds is 3. The molecule has 0 radical (unpaired) electrons. The van der Waals surface area contributed by atoms with E-state index in [1.165, 1.54) is 0 Å². The van der Waals surface area contributed by atoms with Crippen LogP contribution in [-0.4, -0.2) is 9.55 Å². The van der Waals surface area contributed by atoms with Crippen molar-refractivity contribution in [1.29, 1.82) is 5.26 Å². The van der Waals surface area contributed by atoms with Crippen LogP contribution in [0.15, 0.2) is 42.5 Å². The number of fused-ring (bicyclic) bond motifs is 1. The van der Waals surface area contributed by atoms with Gasteiger partial charge in [0.1, 0.15) is 11.9 Å². The molecule has 2 aromatic carbocycles. The van der Waals surface area contributed by atoms with Crippen molar-refractivity contribution >= 4 is 28.3 Å². The molecular formula is C16H13ClN4. The minimum atomic E-state index is 0.464. The lowest BCUT2D eigenvalue weighted by atomic mass is 10.2. The van der Waals surface area contributed by atoms with Gasteiger partial charge in [0.05, 0.1) is 28.2 Å². The van der Waals surface area contributed by atoms with Crippen molar-refractivity contribution in [2.24, 2.45) is 7.05 Å². The SMILES string of the molecule is Cn1c(CNc2ccc(Cl)c(C#N)c2)nc2ccccc21. The largest absolute Gasteiger partial charge is 0.378 e. The first-order valence-corrected chi connectivity index (χ1v) is 6.90. The van der Waals surface area contributed by atoms with Crippen LogP contribution in [0.4, 0.5) is 5.69 Å². The fraction of sp³-hybridized carbons (Fsp3) is 0.125. The van der Waals surface area contributed by atoms with E-state index in [2.05, 4.69) is 20.9 Å². The minimum absolute atomic E-state index is 0.464. The highest BCUT2D eigenvalue weighted by atomic mass is 35.5. The predicted molar refractivity (Wildman–Crippen MR) is 84.2 cm³/mol. The molecule has 0 aliphatic heterocycles. The smallest absolute Gasteiger partial charge is 0.128 e. The summed E-state index contributed by atoms with van der Waals surface area (Å²) in [5, 5.41) is 12.7. The second-order valence-electron chi connectivity index (χ2n) is 4.74. The lowest BCUT2D eigenvalue weighted by Gasteiger charge is -2.07. The van der Waals surface area contributed by atoms with Crippen LogP contribution in [0, 0.1) is 11.3 Å². The molecule has 0 fully saturated rings. The number of nitriles is 1. The van der Waals surface area contributed by atoms with Crippen LogP contribution in [0.3, 0.4) is 0 Å². The van der Waals surface area contributed by atoms with Crippen molar-refractivity contribution < 1.29 is 0 Å². The summed E-state index contributed by atoms with van der Waals surface area (Å²) in [4.78, 5) is 4.60. The molecule has 0 unspecified atom stereocenters. The van der Waals surface area contributed by atoms with E-state index in [4.69, 9.17) is 16.9 Å². The zero-order valence-electron chi connectivity index (χ0n) is 11.5. The van der Waals surface area contributed by atoms with Gasteiger partial charge in [0, 0.05) is 12.7 Å². The maximum absolute atomic E-state index is 8.99. The third-order valence-corrected chi connectivity index (χ3v) is 3.75. The average Bonchev–Trinajstić information content (AvgIpc) is 2.83. The van der Waals surface area contributed by atoms with E-state index >= 15 is 0 Å². The second kappa shape index (κ2) is 5.47. The van der Waals surface area contributed by atoms with Gasteiger partial charge in [0.25, 0.3) is 0 Å². The van der Waals surface area contributed by atoms with Crippen molar-refractivity contribution in [2.45, 2.75) is 6.54 Å². The van der Waals surface area contributed by atoms with Crippen molar-refractivity contribution in [3.63, 3.8) is 0 Å². The van der Waals surface area contributed by atoms with E-state index in [0.29, 0.717) is 17.1 Å². The summed E-state index contributed by atoms with van der Waals surface area (Å²) >= 11 is 5.93. The van der Waals surface area contributed by atoms with E-state index < -0.39 is 0 Å². The van der Waals surface area contributed by atoms with Gasteiger partial charge in [-0.05, 0) is 30.3 Å². The zero-order chi connectivity index (χ0) is 14.8. The summed E-state index contributed by atoms with van der Waals surface area (Å²) in [6.07, 6.45) is 0. The van der Waals surface area contributed by atoms with Crippen LogP contribution in [0.1, 0.15) is 11.4 Å². The molecule has 0 aliphatic rings. The number of nitrogens with zero attached hydrogens (tertiary/aromatic N) is 3. The topological polar surface area (TPSA) is 53.6 Å². The molecular weight excluding hydrogens is 284 g/mol. The van der Waals surface area contributed by atoms with Crippen molar-refractivity contribution in [1.82, 2.24) is 9.55 Å². The second-order valence-corrected chi connectivity index (χ2v) is 5.14. The van der Waals surface area contributed by atoms with Gasteiger partial charge in [0.15, 0.2) is 0 Å². The first-order valence-electron chi connectivity index (χ1n) is 6.53. The fourth-order valence-corrected chi connectivity index (χ4v) is 2.42. The van der Waals surface area contributed by atoms with E-state index in [-0.39, 0.29) is 0 Å². The molecule has 3 rings (SSSR count). The quantitative estimate of drug-likeness (QED) is 0.801. The molecule has 1 heterocycles. The number of aryl methyl sites for hydroxylation is 1. The average molecular weight is 297 g/mol. The van der Waals surface area contributed by atoms with Gasteiger partial charge < -0.3 is 9.88 Å². The Balaban J connectivity index is 1.84. The molecule has 21 heavy (non-hydrogen) atoms. The van der Waals surface area contributed by atoms with Crippen LogP contribution >= 0.6 is 11.6 Å². The molecule has 0 amide bonds. The summed E-state index contributed by atoms with van der Waals surface area (Å²) in [7, 11) is 1.99. The Kier molecular flexibility index (Phi) is 3.51. The monoisotopic (exact) mass is 296 g/mol. The summed E-state index contributed by atoms with van der Waals surface area (Å²) in [6, 6.07) is 15.4. The van der Waals surface area contributed by atoms with Crippen molar-refractivity contribution in [3.8, 4) is 6.07 Å². The molecule has 0 atom stereocenters. The van der Waals surface area contributed by atoms with Crippen molar-refractivity contribution in [2.75, 3.05) is 5.32 Å². The van der Waals surface area contributed by atoms with Gasteiger partial charge >= 0.3 is 0 Å². The summed E-state index contributed by atoms with van der Waals surface area (Å²) in [6.45, 7) is 0.581. The number of benzene rings is 2. The number of imidazole rings is 1. The first kappa shape index (κ1) is 13.5. The number of para-hydroxylation sites is 2. The highest BCUT2D eigenvalue weighted by Gasteiger charge is 2.07. The molecule has 1 N–H and O–H groups in total. The Morgan fingerprint density at radius 1 is 1.29 bits per heavy atom. The van der Waals surface area contributed by atoms with Crippen LogP contribution in [0.2, 0.25) is 5.02 Å². The van der Waals surface area contributed by atoms with Crippen LogP contribution in [0.25, 0.3) is 11.0 Å². The maximum atomic E-state index is 8.99. The number of anilines is 1. The zero-order valence-corrected chi connectivity index (χ0v) is 12.2. The van der Waals surface area contributed by atoms with Gasteiger partial charge in [-0.25, -0.2) is 4.98 Å². The number of hydrogen-bond donors (Lipinski definition) is 1. The number of hydrogen-bond acceptors (Lipinski definition) is 3. The van der Waals surface area contributed by atoms with Crippen LogP contribution in [0.5, 0.6) is 0 Å². The van der Waals surface area contributed by atoms with Gasteiger partial charge in [-0.1, -0.05) is 23.7 Å². The molecule has 104 valence electrons. The summed E-state index contributed by atoms with van der Waals surface area (Å²) in [5.74, 6) is 0.935. The van der Waals surface area contributed by atoms with E-state index in [9.17, 15) is 0 Å². The number of nitrogens with one attached hydrogen (secondary N) is 1. The van der Waals surface area contributed by atoms with Crippen LogP contribution in [-0.2, 0) is 13.6 Å². The fourth-order valence-electron chi connectivity index (χ4n) is 2.26. The van der Waals surface area contributed by atoms with Gasteiger partial charge in [-0.15, -0.1) is 0 Å². The van der Waals surface area contributed by atoms with Gasteiger partial charge in [-0.2, -0.15) is 5.26 Å². The Labute approximate surface area is 127 Å². The Morgan fingerprint density at radius 3 is 2.86 bits per heavy atom. The molecule has 0 bridgehead atoms. The Bertz CT molecular complexity index is 845. The van der Waals surface area contributed by atoms with Crippen LogP contribution < -0.4 is 5.32 Å². The van der Waals surface area contributed by atoms with E-state index in [1.807, 2.05) is 37.4 Å². The molecule has 0 spiro atoms. The number of halogens is 1. The first-order chi connectivity index (χ1) is 10.2. The third-order valence-electron chi connectivity index (χ3n) is 3.42. The molecule has 0 saturated heterocycles. The summed E-state index contributed by atoms with van der Waals surface area (Å²) in [5.41, 5.74) is 3.39. The van der Waals surface area contributed by atoms with Crippen molar-refractivity contribution in [3.05, 3.63) is 58.9 Å². The molecule has 0 aliphatic carbocycles. The molecule has 5 heteroatoms. The summed E-state index contributed by atoms with van der Waals surface area (Å²) < 4.78 is 2.06. The van der Waals surface area contributed by atoms with Gasteiger partial charge in [0.2, 0.25) is 0 Å². The Morgan fingerprint density at radius 2 is 2.10 bits per heavy atom. The standard InChI is InChI=1S/C16H13ClN4/c1-21-15-5-3-2-4-14(15)20-16(21)10-19-12-6-7-13(17)11(8-12)9-18/h2-8,19H,10H2,1H3. The third kappa shape index (κ3) is 2.56. The lowest BCUT2D eigenvalue weighted by Crippen LogP contribution is -2.06. The highest BCUT2D eigenvalue weighted by molar-refractivity contribution is 6.31. The predicted octanol–water partition coefficient (Wildman–Crippen LogP) is 3.71. The highest BCUT2D eigenvalue weighted by Crippen LogP contribution is 2.21. The normalized spacial score (nSPS) is 10.5. The Hall–Kier alpha value is -2.51. The molecule has 3 aromatic rings. The lowest BCUT2D eigenvalue weighted by molar-refractivity contribution is 0.834. The molecule has 1 aromatic heterocycles. The van der Waals surface area contributed by atoms with E-state index in [0.717, 1.165) is 22.5 Å². The minimum Gasteiger partial charge on any atom is -0.378 e. The molecule has 4 nitrogen and oxygen atoms in total. The maximum Gasteiger partial charge on any atom is 0.128 e. The number of aromatic nitrogens is 2. The van der Waals surface area contributed by atoms with E-state index in [1.54, 1.807) is 12.1 Å². The molecule has 0 saturated carbocycles.